The maximum absolute atomic E-state index is 10.0. The van der Waals surface area contributed by atoms with Crippen molar-refractivity contribution in [3.05, 3.63) is 235 Å². The molecule has 4 heterocycles. The van der Waals surface area contributed by atoms with Crippen molar-refractivity contribution in [3.8, 4) is 50.7 Å². The van der Waals surface area contributed by atoms with Gasteiger partial charge in [-0.1, -0.05) is 204 Å². The van der Waals surface area contributed by atoms with Gasteiger partial charge in [0, 0.05) is 101 Å². The van der Waals surface area contributed by atoms with E-state index in [9.17, 15) is 4.11 Å². The molecule has 84 heavy (non-hydrogen) atoms. The number of pyridine rings is 1. The Balaban J connectivity index is 0.00000739. The number of nitrogens with zero attached hydrogens (tertiary/aromatic N) is 4. The molecule has 9 aromatic carbocycles. The average molecular weight is 1300 g/mol. The number of ether oxygens (including phenoxy) is 1. The minimum atomic E-state index is -1.90. The molecule has 0 atom stereocenters. The summed E-state index contributed by atoms with van der Waals surface area (Å²) in [5.74, 6) is 1.40. The summed E-state index contributed by atoms with van der Waals surface area (Å²) in [6.45, 7) is 28.0. The van der Waals surface area contributed by atoms with E-state index in [0.717, 1.165) is 88.1 Å². The van der Waals surface area contributed by atoms with E-state index in [4.69, 9.17) is 9.72 Å². The monoisotopic (exact) mass is 1300 g/mol. The van der Waals surface area contributed by atoms with E-state index in [-0.39, 0.29) is 43.5 Å². The van der Waals surface area contributed by atoms with Crippen LogP contribution in [0, 0.1) is 24.2 Å². The third kappa shape index (κ3) is 10.6. The number of hydrogen-bond acceptors (Lipinski definition) is 5. The van der Waals surface area contributed by atoms with Gasteiger partial charge in [0.1, 0.15) is 5.82 Å². The molecule has 0 radical (unpaired) electrons. The summed E-state index contributed by atoms with van der Waals surface area (Å²) < 4.78 is 41.4. The summed E-state index contributed by atoms with van der Waals surface area (Å²) in [5, 5.41) is 4.31. The first-order valence-electron chi connectivity index (χ1n) is 30.4. The maximum atomic E-state index is 10.0. The zero-order valence-corrected chi connectivity index (χ0v) is 53.0. The third-order valence-corrected chi connectivity index (χ3v) is 17.1. The first-order valence-corrected chi connectivity index (χ1v) is 29.7. The fourth-order valence-corrected chi connectivity index (χ4v) is 12.9. The van der Waals surface area contributed by atoms with Gasteiger partial charge in [-0.25, -0.2) is 4.98 Å². The van der Waals surface area contributed by atoms with Crippen LogP contribution in [-0.2, 0) is 43.7 Å². The van der Waals surface area contributed by atoms with Crippen molar-refractivity contribution < 1.29 is 29.9 Å². The molecule has 0 fully saturated rings. The minimum absolute atomic E-state index is 0. The van der Waals surface area contributed by atoms with Gasteiger partial charge >= 0.3 is 0 Å². The van der Waals surface area contributed by atoms with Gasteiger partial charge < -0.3 is 19.1 Å². The molecule has 3 aromatic heterocycles. The molecule has 0 N–H and O–H groups in total. The molecule has 7 heteroatoms. The predicted molar refractivity (Wildman–Crippen MR) is 353 cm³/mol. The summed E-state index contributed by atoms with van der Waals surface area (Å²) >= 11 is 1.76. The molecule has 5 nitrogen and oxygen atoms in total. The fourth-order valence-electron chi connectivity index (χ4n) is 11.6. The molecule has 424 valence electrons. The van der Waals surface area contributed by atoms with E-state index in [2.05, 4.69) is 259 Å². The smallest absolute Gasteiger partial charge is 0.135 e. The second-order valence-corrected chi connectivity index (χ2v) is 27.3. The molecule has 1 aliphatic heterocycles. The van der Waals surface area contributed by atoms with Gasteiger partial charge in [-0.15, -0.1) is 59.4 Å². The molecule has 13 rings (SSSR count). The molecule has 0 aliphatic carbocycles. The summed E-state index contributed by atoms with van der Waals surface area (Å²) in [6.07, 6.45) is -1.90. The van der Waals surface area contributed by atoms with Crippen LogP contribution in [0.15, 0.2) is 194 Å². The molecule has 1 aliphatic rings. The van der Waals surface area contributed by atoms with E-state index < -0.39 is 11.8 Å². The Morgan fingerprint density at radius 3 is 1.74 bits per heavy atom. The van der Waals surface area contributed by atoms with Crippen molar-refractivity contribution in [3.63, 3.8) is 0 Å². The number of para-hydroxylation sites is 2. The Morgan fingerprint density at radius 2 is 1.11 bits per heavy atom. The third-order valence-electron chi connectivity index (χ3n) is 15.9. The molecule has 0 bridgehead atoms. The van der Waals surface area contributed by atoms with Gasteiger partial charge in [0.15, 0.2) is 0 Å². The van der Waals surface area contributed by atoms with Crippen LogP contribution >= 0.6 is 11.3 Å². The van der Waals surface area contributed by atoms with Crippen LogP contribution in [0.2, 0.25) is 0 Å². The number of benzene rings is 9. The van der Waals surface area contributed by atoms with Crippen molar-refractivity contribution >= 4 is 76.1 Å². The van der Waals surface area contributed by atoms with Gasteiger partial charge in [0.05, 0.1) is 1.37 Å². The minimum Gasteiger partial charge on any atom is -0.509 e. The van der Waals surface area contributed by atoms with Crippen molar-refractivity contribution in [1.29, 1.82) is 0 Å². The zero-order chi connectivity index (χ0) is 60.4. The Hall–Kier alpha value is -7.76. The van der Waals surface area contributed by atoms with Crippen molar-refractivity contribution in [1.82, 2.24) is 9.55 Å². The van der Waals surface area contributed by atoms with E-state index in [1.165, 1.54) is 15.6 Å². The molecular formula is C77H71N4OPtS-3. The molecular weight excluding hydrogens is 1220 g/mol. The van der Waals surface area contributed by atoms with Gasteiger partial charge in [-0.05, 0) is 115 Å². The number of anilines is 4. The summed E-state index contributed by atoms with van der Waals surface area (Å²) in [5.41, 5.74) is 13.8. The first-order chi connectivity index (χ1) is 40.8. The van der Waals surface area contributed by atoms with E-state index >= 15 is 0 Å². The molecule has 0 unspecified atom stereocenters. The topological polar surface area (TPSA) is 33.5 Å². The Labute approximate surface area is 519 Å². The maximum Gasteiger partial charge on any atom is 0.135 e. The largest absolute Gasteiger partial charge is 0.509 e. The summed E-state index contributed by atoms with van der Waals surface area (Å²) in [4.78, 5) is 9.74. The van der Waals surface area contributed by atoms with Crippen molar-refractivity contribution in [2.75, 3.05) is 9.80 Å². The van der Waals surface area contributed by atoms with Crippen LogP contribution in [0.5, 0.6) is 11.5 Å². The number of fused-ring (bicyclic) bond motifs is 8. The van der Waals surface area contributed by atoms with Gasteiger partial charge in [-0.2, -0.15) is 12.1 Å². The van der Waals surface area contributed by atoms with Crippen LogP contribution < -0.4 is 14.5 Å². The quantitative estimate of drug-likeness (QED) is 0.135. The van der Waals surface area contributed by atoms with E-state index in [0.29, 0.717) is 34.0 Å². The Kier molecular flexibility index (Phi) is 13.5. The molecule has 0 spiro atoms. The molecule has 0 amide bonds. The van der Waals surface area contributed by atoms with Crippen molar-refractivity contribution in [2.24, 2.45) is 5.41 Å². The van der Waals surface area contributed by atoms with Gasteiger partial charge in [-0.3, -0.25) is 0 Å². The second-order valence-electron chi connectivity index (χ2n) is 26.3. The number of rotatable bonds is 9. The fraction of sp³-hybridized carbons (Fsp3) is 0.221. The van der Waals surface area contributed by atoms with Crippen LogP contribution in [0.4, 0.5) is 22.7 Å². The van der Waals surface area contributed by atoms with E-state index in [1.807, 2.05) is 45.0 Å². The van der Waals surface area contributed by atoms with Crippen LogP contribution in [0.1, 0.15) is 109 Å². The SMILES string of the molecule is [2H]c1nc(-n2c3[c-]c(Oc4[c-]c(N5[CH-]N(c6c(-c7ccccc7)cc(C(C)(C)C)cc6-c6ccccc6)c6ccccc65)ccc4)ccc3c3c4sc5ccccc5c4ccc32)cc(C([2H])([2H])C(C)(C)C)c1-c1cc(C(C)(C)C)cc(C(C)(C)C)c1.[Pt]. The predicted octanol–water partition coefficient (Wildman–Crippen LogP) is 21.8. The number of hydrogen-bond donors (Lipinski definition) is 0. The second kappa shape index (κ2) is 21.4. The molecule has 0 saturated carbocycles. The molecule has 0 saturated heterocycles. The zero-order valence-electron chi connectivity index (χ0n) is 52.9. The van der Waals surface area contributed by atoms with Crippen LogP contribution in [0.3, 0.4) is 0 Å². The van der Waals surface area contributed by atoms with Gasteiger partial charge in [0.2, 0.25) is 0 Å². The average Bonchev–Trinajstić information content (AvgIpc) is 1.72. The normalized spacial score (nSPS) is 13.8. The Morgan fingerprint density at radius 1 is 0.536 bits per heavy atom. The van der Waals surface area contributed by atoms with Crippen LogP contribution in [-0.4, -0.2) is 9.55 Å². The van der Waals surface area contributed by atoms with E-state index in [1.54, 1.807) is 11.3 Å². The summed E-state index contributed by atoms with van der Waals surface area (Å²) in [7, 11) is 0. The number of aromatic nitrogens is 2. The number of thiophene rings is 1. The summed E-state index contributed by atoms with van der Waals surface area (Å²) in [6, 6.07) is 73.4. The van der Waals surface area contributed by atoms with Crippen LogP contribution in [0.25, 0.3) is 81.2 Å². The van der Waals surface area contributed by atoms with Gasteiger partial charge in [0.25, 0.3) is 0 Å². The van der Waals surface area contributed by atoms with Crippen molar-refractivity contribution in [2.45, 2.75) is 106 Å². The molecule has 12 aromatic rings. The Bertz CT molecular complexity index is 4540. The standard InChI is InChI=1S/C77H71N4OS.Pt/c1-74(2,3)46-52-40-70(78-47-64(52)51-38-53(75(4,5)6)41-54(39-51)76(7,8)9)81-67-37-36-60-59-30-19-22-33-69(59)83-73(60)71(67)61-35-34-58(45-68(61)81)82-57-29-23-28-56(44-57)79-48-80(66-32-21-20-31-65(66)79)72-62(49-24-15-13-16-25-49)42-55(77(10,11)12)43-63(72)50-26-17-14-18-27-50;/h13-43,47-48H,46H2,1-12H3;/q-3;/i46D2,47D;. The first kappa shape index (κ1) is 53.0.